The molecular formula is Nd2O6. The Hall–Kier alpha value is 1.50. The summed E-state index contributed by atoms with van der Waals surface area (Å²) in [6.45, 7) is 0. The van der Waals surface area contributed by atoms with Crippen molar-refractivity contribution < 1.29 is 76.3 Å². The van der Waals surface area contributed by atoms with Gasteiger partial charge in [0.15, 0.2) is 0 Å². The molecule has 0 N–H and O–H groups in total. The topological polar surface area (TPSA) is 102 Å². The SMILES string of the molecule is [O]=[Nd](=[O])=[O].[O]=[Nd](=[O])=[O]. The average Bonchev–Trinajstić information content (AvgIpc) is 1.25. The first kappa shape index (κ1) is 12.2. The molecule has 0 saturated heterocycles. The van der Waals surface area contributed by atoms with E-state index >= 15 is 0 Å². The summed E-state index contributed by atoms with van der Waals surface area (Å²) in [5.74, 6) is 0. The monoisotopic (exact) mass is 380 g/mol. The van der Waals surface area contributed by atoms with Crippen LogP contribution < -0.4 is 0 Å². The molecule has 0 unspecified atom stereocenters. The molecule has 0 radical (unpaired) electrons. The molecule has 0 saturated carbocycles. The summed E-state index contributed by atoms with van der Waals surface area (Å²) in [6.07, 6.45) is 0. The van der Waals surface area contributed by atoms with Gasteiger partial charge in [0.05, 0.1) is 0 Å². The minimum absolute atomic E-state index is 4.41. The van der Waals surface area contributed by atoms with E-state index in [1.807, 2.05) is 0 Å². The van der Waals surface area contributed by atoms with Gasteiger partial charge in [-0.05, 0) is 0 Å². The normalized spacial score (nSPS) is 3.75. The summed E-state index contributed by atoms with van der Waals surface area (Å²) in [7, 11) is 0. The maximum atomic E-state index is 8.63. The van der Waals surface area contributed by atoms with Gasteiger partial charge in [0.25, 0.3) is 0 Å². The first-order chi connectivity index (χ1) is 3.46. The summed E-state index contributed by atoms with van der Waals surface area (Å²) in [4.78, 5) is 0. The zero-order valence-electron chi connectivity index (χ0n) is 3.45. The Balaban J connectivity index is 0. The van der Waals surface area contributed by atoms with E-state index < -0.39 is 70.0 Å². The Morgan fingerprint density at radius 3 is 0.500 bits per heavy atom. The predicted octanol–water partition coefficient (Wildman–Crippen LogP) is -0.713. The van der Waals surface area contributed by atoms with Crippen molar-refractivity contribution in [2.75, 3.05) is 0 Å². The molecule has 0 rings (SSSR count). The van der Waals surface area contributed by atoms with E-state index in [9.17, 15) is 0 Å². The van der Waals surface area contributed by atoms with Crippen LogP contribution in [0, 0.1) is 70.0 Å². The molecule has 44 valence electrons. The fourth-order valence-electron chi connectivity index (χ4n) is 0. The second-order valence-electron chi connectivity index (χ2n) is 0.500. The van der Waals surface area contributed by atoms with Crippen LogP contribution in [-0.2, 0) is 6.31 Å². The molecule has 0 amide bonds. The zero-order valence-corrected chi connectivity index (χ0v) is 9.87. The van der Waals surface area contributed by atoms with E-state index in [4.69, 9.17) is 6.31 Å². The van der Waals surface area contributed by atoms with Crippen LogP contribution in [0.5, 0.6) is 0 Å². The van der Waals surface area contributed by atoms with Crippen molar-refractivity contribution in [2.45, 2.75) is 0 Å². The summed E-state index contributed by atoms with van der Waals surface area (Å²) in [5.41, 5.74) is 0. The van der Waals surface area contributed by atoms with E-state index in [-0.39, 0.29) is 0 Å². The zero-order chi connectivity index (χ0) is 7.15. The molecule has 0 bridgehead atoms. The molecule has 0 aromatic rings. The van der Waals surface area contributed by atoms with E-state index in [0.29, 0.717) is 0 Å². The van der Waals surface area contributed by atoms with Gasteiger partial charge in [0.1, 0.15) is 0 Å². The van der Waals surface area contributed by atoms with Crippen LogP contribution in [0.3, 0.4) is 0 Å². The Morgan fingerprint density at radius 2 is 0.500 bits per heavy atom. The molecule has 0 aromatic carbocycles. The fraction of sp³-hybridized carbons (Fsp3) is 0. The molecular weight excluding hydrogens is 384 g/mol. The first-order valence-electron chi connectivity index (χ1n) is 1.22. The van der Waals surface area contributed by atoms with Crippen LogP contribution >= 0.6 is 0 Å². The third-order valence-corrected chi connectivity index (χ3v) is 0. The van der Waals surface area contributed by atoms with Crippen molar-refractivity contribution in [2.24, 2.45) is 0 Å². The summed E-state index contributed by atoms with van der Waals surface area (Å²) in [5, 5.41) is 0. The van der Waals surface area contributed by atoms with Crippen molar-refractivity contribution in [3.63, 3.8) is 0 Å². The van der Waals surface area contributed by atoms with Crippen molar-refractivity contribution in [1.82, 2.24) is 0 Å². The molecule has 0 aliphatic rings. The minimum atomic E-state index is -4.41. The number of hydrogen-bond donors (Lipinski definition) is 0. The van der Waals surface area contributed by atoms with Crippen LogP contribution in [0.4, 0.5) is 0 Å². The third kappa shape index (κ3) is 141. The molecule has 6 nitrogen and oxygen atoms in total. The maximum absolute atomic E-state index is 8.63. The Labute approximate surface area is 74.1 Å². The van der Waals surface area contributed by atoms with Gasteiger partial charge in [0.2, 0.25) is 0 Å². The van der Waals surface area contributed by atoms with Crippen molar-refractivity contribution >= 4 is 0 Å². The van der Waals surface area contributed by atoms with Crippen molar-refractivity contribution in [1.29, 1.82) is 0 Å². The molecule has 0 atom stereocenters. The molecule has 0 aliphatic carbocycles. The van der Waals surface area contributed by atoms with Gasteiger partial charge in [-0.3, -0.25) is 0 Å². The third-order valence-electron chi connectivity index (χ3n) is 0. The Kier molecular flexibility index (Phi) is 13.0. The van der Waals surface area contributed by atoms with Crippen LogP contribution in [0.1, 0.15) is 0 Å². The quantitative estimate of drug-likeness (QED) is 0.547. The van der Waals surface area contributed by atoms with Crippen molar-refractivity contribution in [3.8, 4) is 0 Å². The fourth-order valence-corrected chi connectivity index (χ4v) is 0. The van der Waals surface area contributed by atoms with Gasteiger partial charge in [-0.25, -0.2) is 0 Å². The summed E-state index contributed by atoms with van der Waals surface area (Å²) >= 11 is -8.81. The van der Waals surface area contributed by atoms with Crippen LogP contribution in [0.2, 0.25) is 0 Å². The van der Waals surface area contributed by atoms with Gasteiger partial charge >= 0.3 is 76.3 Å². The Morgan fingerprint density at radius 1 is 0.500 bits per heavy atom. The molecule has 0 fully saturated rings. The van der Waals surface area contributed by atoms with Crippen molar-refractivity contribution in [3.05, 3.63) is 0 Å². The molecule has 0 heterocycles. The predicted molar refractivity (Wildman–Crippen MR) is 4.12 cm³/mol. The summed E-state index contributed by atoms with van der Waals surface area (Å²) < 4.78 is 51.8. The molecule has 0 spiro atoms. The van der Waals surface area contributed by atoms with Gasteiger partial charge in [-0.2, -0.15) is 0 Å². The molecule has 0 aromatic heterocycles. The van der Waals surface area contributed by atoms with Gasteiger partial charge in [0, 0.05) is 0 Å². The van der Waals surface area contributed by atoms with Crippen LogP contribution in [-0.4, -0.2) is 0 Å². The van der Waals surface area contributed by atoms with Gasteiger partial charge in [-0.1, -0.05) is 0 Å². The second-order valence-corrected chi connectivity index (χ2v) is 3.71. The second kappa shape index (κ2) is 8.50. The Bertz CT molecular complexity index is 175. The van der Waals surface area contributed by atoms with Crippen LogP contribution in [0.15, 0.2) is 0 Å². The first-order valence-corrected chi connectivity index (χ1v) is 9.08. The number of rotatable bonds is 0. The summed E-state index contributed by atoms with van der Waals surface area (Å²) in [6, 6.07) is 0. The molecule has 0 aliphatic heterocycles. The molecule has 8 heavy (non-hydrogen) atoms. The van der Waals surface area contributed by atoms with E-state index in [0.717, 1.165) is 0 Å². The average molecular weight is 384 g/mol. The number of hydrogen-bond acceptors (Lipinski definition) is 6. The van der Waals surface area contributed by atoms with E-state index in [1.54, 1.807) is 0 Å². The standard InChI is InChI=1S/2Nd.6O. The molecule has 8 heteroatoms. The van der Waals surface area contributed by atoms with Gasteiger partial charge < -0.3 is 0 Å². The van der Waals surface area contributed by atoms with E-state index in [1.165, 1.54) is 0 Å². The van der Waals surface area contributed by atoms with E-state index in [2.05, 4.69) is 0 Å². The van der Waals surface area contributed by atoms with Gasteiger partial charge in [-0.15, -0.1) is 0 Å². The van der Waals surface area contributed by atoms with Crippen LogP contribution in [0.25, 0.3) is 0 Å².